The molecule has 32 heavy (non-hydrogen) atoms. The van der Waals surface area contributed by atoms with Crippen molar-refractivity contribution < 1.29 is 18.7 Å². The quantitative estimate of drug-likeness (QED) is 0.578. The molecule has 1 aromatic carbocycles. The van der Waals surface area contributed by atoms with Gasteiger partial charge in [0.2, 0.25) is 5.88 Å². The highest BCUT2D eigenvalue weighted by Gasteiger charge is 2.26. The monoisotopic (exact) mass is 435 g/mol. The van der Waals surface area contributed by atoms with E-state index in [1.54, 1.807) is 18.3 Å². The highest BCUT2D eigenvalue weighted by atomic mass is 16.5. The van der Waals surface area contributed by atoms with E-state index in [0.717, 1.165) is 30.2 Å². The molecule has 1 fully saturated rings. The summed E-state index contributed by atoms with van der Waals surface area (Å²) >= 11 is 0. The average molecular weight is 436 g/mol. The Hall–Kier alpha value is -3.16. The predicted molar refractivity (Wildman–Crippen MR) is 121 cm³/mol. The number of furan rings is 1. The number of hydrogen-bond donors (Lipinski definition) is 1. The van der Waals surface area contributed by atoms with Crippen LogP contribution in [-0.2, 0) is 4.74 Å². The first-order chi connectivity index (χ1) is 15.6. The minimum Gasteiger partial charge on any atom is -0.470 e. The van der Waals surface area contributed by atoms with Crippen molar-refractivity contribution in [3.8, 4) is 5.88 Å². The predicted octanol–water partition coefficient (Wildman–Crippen LogP) is 3.93. The van der Waals surface area contributed by atoms with Crippen LogP contribution in [0.5, 0.6) is 5.88 Å². The van der Waals surface area contributed by atoms with Gasteiger partial charge in [0.15, 0.2) is 0 Å². The molecule has 1 amide bonds. The van der Waals surface area contributed by atoms with Gasteiger partial charge in [0.25, 0.3) is 5.91 Å². The van der Waals surface area contributed by atoms with Crippen LogP contribution in [0, 0.1) is 6.92 Å². The highest BCUT2D eigenvalue weighted by molar-refractivity contribution is 5.93. The zero-order chi connectivity index (χ0) is 22.3. The normalized spacial score (nSPS) is 16.3. The van der Waals surface area contributed by atoms with Crippen molar-refractivity contribution in [1.29, 1.82) is 0 Å². The molecule has 2 atom stereocenters. The smallest absolute Gasteiger partial charge is 0.252 e. The summed E-state index contributed by atoms with van der Waals surface area (Å²) in [7, 11) is 0. The second-order valence-corrected chi connectivity index (χ2v) is 7.88. The summed E-state index contributed by atoms with van der Waals surface area (Å²) in [5, 5.41) is 3.03. The molecule has 3 heterocycles. The number of hydrogen-bond acceptors (Lipinski definition) is 6. The van der Waals surface area contributed by atoms with Crippen LogP contribution in [0.25, 0.3) is 0 Å². The molecular weight excluding hydrogens is 406 g/mol. The second kappa shape index (κ2) is 10.4. The zero-order valence-electron chi connectivity index (χ0n) is 18.5. The minimum absolute atomic E-state index is 0.0427. The first-order valence-electron chi connectivity index (χ1n) is 10.9. The van der Waals surface area contributed by atoms with Gasteiger partial charge in [-0.25, -0.2) is 4.98 Å². The molecule has 0 aliphatic carbocycles. The van der Waals surface area contributed by atoms with Gasteiger partial charge in [0.05, 0.1) is 24.8 Å². The topological polar surface area (TPSA) is 76.8 Å². The Kier molecular flexibility index (Phi) is 7.19. The first kappa shape index (κ1) is 22.0. The van der Waals surface area contributed by atoms with Crippen molar-refractivity contribution in [2.24, 2.45) is 0 Å². The lowest BCUT2D eigenvalue weighted by molar-refractivity contribution is 0.0117. The summed E-state index contributed by atoms with van der Waals surface area (Å²) in [6, 6.07) is 17.3. The van der Waals surface area contributed by atoms with E-state index in [9.17, 15) is 4.79 Å². The van der Waals surface area contributed by atoms with E-state index in [4.69, 9.17) is 13.9 Å². The van der Waals surface area contributed by atoms with Crippen LogP contribution >= 0.6 is 0 Å². The SMILES string of the molecule is Cc1ccc([C@@H](CNC(=O)c2ccc(O[C@H](C)c3ccccc3)nc2)N2CCOCC2)o1. The molecule has 7 heteroatoms. The van der Waals surface area contributed by atoms with E-state index in [-0.39, 0.29) is 18.1 Å². The number of aryl methyl sites for hydroxylation is 1. The van der Waals surface area contributed by atoms with Crippen LogP contribution in [0.1, 0.15) is 46.5 Å². The van der Waals surface area contributed by atoms with Crippen molar-refractivity contribution in [1.82, 2.24) is 15.2 Å². The summed E-state index contributed by atoms with van der Waals surface area (Å²) in [4.78, 5) is 19.4. The summed E-state index contributed by atoms with van der Waals surface area (Å²) in [6.45, 7) is 7.29. The van der Waals surface area contributed by atoms with Crippen molar-refractivity contribution >= 4 is 5.91 Å². The van der Waals surface area contributed by atoms with E-state index in [1.165, 1.54) is 0 Å². The Morgan fingerprint density at radius 3 is 2.56 bits per heavy atom. The van der Waals surface area contributed by atoms with E-state index < -0.39 is 0 Å². The largest absolute Gasteiger partial charge is 0.470 e. The molecule has 168 valence electrons. The molecule has 1 aliphatic heterocycles. The third-order valence-electron chi connectivity index (χ3n) is 5.60. The maximum Gasteiger partial charge on any atom is 0.252 e. The van der Waals surface area contributed by atoms with Crippen LogP contribution in [0.15, 0.2) is 65.2 Å². The number of amides is 1. The van der Waals surface area contributed by atoms with E-state index in [0.29, 0.717) is 31.2 Å². The van der Waals surface area contributed by atoms with Gasteiger partial charge in [0, 0.05) is 31.9 Å². The Morgan fingerprint density at radius 1 is 1.12 bits per heavy atom. The van der Waals surface area contributed by atoms with Gasteiger partial charge in [0.1, 0.15) is 17.6 Å². The van der Waals surface area contributed by atoms with Gasteiger partial charge in [-0.1, -0.05) is 30.3 Å². The Morgan fingerprint density at radius 2 is 1.91 bits per heavy atom. The van der Waals surface area contributed by atoms with Crippen LogP contribution < -0.4 is 10.1 Å². The molecule has 1 saturated heterocycles. The third-order valence-corrected chi connectivity index (χ3v) is 5.60. The number of ether oxygens (including phenoxy) is 2. The second-order valence-electron chi connectivity index (χ2n) is 7.88. The average Bonchev–Trinajstić information content (AvgIpc) is 3.26. The van der Waals surface area contributed by atoms with Crippen LogP contribution in [-0.4, -0.2) is 48.6 Å². The van der Waals surface area contributed by atoms with Crippen molar-refractivity contribution in [2.45, 2.75) is 26.0 Å². The molecule has 0 unspecified atom stereocenters. The molecule has 0 spiro atoms. The van der Waals surface area contributed by atoms with E-state index >= 15 is 0 Å². The fourth-order valence-electron chi connectivity index (χ4n) is 3.78. The molecule has 2 aromatic heterocycles. The fourth-order valence-corrected chi connectivity index (χ4v) is 3.78. The van der Waals surface area contributed by atoms with Crippen molar-refractivity contribution in [2.75, 3.05) is 32.8 Å². The standard InChI is InChI=1S/C25H29N3O4/c1-18-8-10-23(31-18)22(28-12-14-30-15-13-28)17-27-25(29)21-9-11-24(26-16-21)32-19(2)20-6-4-3-5-7-20/h3-11,16,19,22H,12-15,17H2,1-2H3,(H,27,29)/t19-,22-/m1/s1. The lowest BCUT2D eigenvalue weighted by Crippen LogP contribution is -2.43. The van der Waals surface area contributed by atoms with Crippen molar-refractivity contribution in [3.63, 3.8) is 0 Å². The van der Waals surface area contributed by atoms with Crippen LogP contribution in [0.3, 0.4) is 0 Å². The molecule has 0 radical (unpaired) electrons. The van der Waals surface area contributed by atoms with Crippen LogP contribution in [0.4, 0.5) is 0 Å². The van der Waals surface area contributed by atoms with E-state index in [2.05, 4.69) is 15.2 Å². The summed E-state index contributed by atoms with van der Waals surface area (Å²) in [6.07, 6.45) is 1.41. The third kappa shape index (κ3) is 5.55. The van der Waals surface area contributed by atoms with Gasteiger partial charge in [-0.05, 0) is 37.6 Å². The molecule has 7 nitrogen and oxygen atoms in total. The summed E-state index contributed by atoms with van der Waals surface area (Å²) in [5.41, 5.74) is 1.56. The molecule has 3 aromatic rings. The number of aromatic nitrogens is 1. The molecular formula is C25H29N3O4. The number of carbonyl (C=O) groups is 1. The van der Waals surface area contributed by atoms with Gasteiger partial charge in [-0.2, -0.15) is 0 Å². The number of benzene rings is 1. The first-order valence-corrected chi connectivity index (χ1v) is 10.9. The molecule has 1 N–H and O–H groups in total. The number of pyridine rings is 1. The molecule has 0 saturated carbocycles. The highest BCUT2D eigenvalue weighted by Crippen LogP contribution is 2.24. The Balaban J connectivity index is 1.37. The number of nitrogens with zero attached hydrogens (tertiary/aromatic N) is 2. The number of carbonyl (C=O) groups excluding carboxylic acids is 1. The summed E-state index contributed by atoms with van der Waals surface area (Å²) in [5.74, 6) is 2.01. The van der Waals surface area contributed by atoms with Gasteiger partial charge in [-0.15, -0.1) is 0 Å². The number of nitrogens with one attached hydrogen (secondary N) is 1. The number of morpholine rings is 1. The molecule has 1 aliphatic rings. The lowest BCUT2D eigenvalue weighted by atomic mass is 10.1. The fraction of sp³-hybridized carbons (Fsp3) is 0.360. The number of rotatable bonds is 8. The maximum atomic E-state index is 12.8. The molecule has 0 bridgehead atoms. The maximum absolute atomic E-state index is 12.8. The van der Waals surface area contributed by atoms with Gasteiger partial charge >= 0.3 is 0 Å². The molecule has 4 rings (SSSR count). The van der Waals surface area contributed by atoms with Gasteiger partial charge < -0.3 is 19.2 Å². The van der Waals surface area contributed by atoms with E-state index in [1.807, 2.05) is 56.3 Å². The van der Waals surface area contributed by atoms with Crippen molar-refractivity contribution in [3.05, 3.63) is 83.4 Å². The van der Waals surface area contributed by atoms with Crippen LogP contribution in [0.2, 0.25) is 0 Å². The summed E-state index contributed by atoms with van der Waals surface area (Å²) < 4.78 is 17.2. The Labute approximate surface area is 188 Å². The minimum atomic E-state index is -0.179. The Bertz CT molecular complexity index is 998. The zero-order valence-corrected chi connectivity index (χ0v) is 18.5. The lowest BCUT2D eigenvalue weighted by Gasteiger charge is -2.33. The van der Waals surface area contributed by atoms with Gasteiger partial charge in [-0.3, -0.25) is 9.69 Å².